The highest BCUT2D eigenvalue weighted by Gasteiger charge is 1.78. The summed E-state index contributed by atoms with van der Waals surface area (Å²) in [5, 5.41) is 7.16. The molecule has 0 spiro atoms. The fraction of sp³-hybridized carbons (Fsp3) is 0. The molecule has 1 heterocycles. The van der Waals surface area contributed by atoms with Gasteiger partial charge in [0.1, 0.15) is 9.90 Å². The first-order valence-corrected chi connectivity index (χ1v) is 2.83. The average molecular weight is 205 g/mol. The summed E-state index contributed by atoms with van der Waals surface area (Å²) in [7, 11) is 0. The van der Waals surface area contributed by atoms with Gasteiger partial charge in [-0.2, -0.15) is 0 Å². The van der Waals surface area contributed by atoms with E-state index in [-0.39, 0.29) is 0 Å². The normalized spacial score (nSPS) is 8.71. The summed E-state index contributed by atoms with van der Waals surface area (Å²) in [5.74, 6) is 0. The van der Waals surface area contributed by atoms with Gasteiger partial charge in [0, 0.05) is 0 Å². The van der Waals surface area contributed by atoms with Crippen LogP contribution in [-0.4, -0.2) is 10.2 Å². The van der Waals surface area contributed by atoms with Gasteiger partial charge in [0.15, 0.2) is 0 Å². The van der Waals surface area contributed by atoms with Crippen LogP contribution in [0.2, 0.25) is 0 Å². The van der Waals surface area contributed by atoms with E-state index in [1.807, 2.05) is 6.07 Å². The van der Waals surface area contributed by atoms with Crippen molar-refractivity contribution in [1.82, 2.24) is 10.2 Å². The summed E-state index contributed by atoms with van der Waals surface area (Å²) in [5.41, 5.74) is 0. The third-order valence-corrected chi connectivity index (χ3v) is 1.07. The first-order valence-electron chi connectivity index (χ1n) is 1.75. The second-order valence-corrected chi connectivity index (χ2v) is 2.09. The fourth-order valence-electron chi connectivity index (χ4n) is 0.249. The van der Waals surface area contributed by atoms with Gasteiger partial charge in [-0.15, -0.1) is 10.2 Å². The Labute approximate surface area is 55.1 Å². The molecule has 35 valence electrons. The molecule has 1 aromatic heterocycles. The van der Waals surface area contributed by atoms with Crippen LogP contribution in [-0.2, 0) is 0 Å². The molecule has 0 fully saturated rings. The van der Waals surface area contributed by atoms with Gasteiger partial charge in [-0.05, 0) is 34.7 Å². The molecule has 7 heavy (non-hydrogen) atoms. The molecule has 0 aliphatic heterocycles. The minimum absolute atomic E-state index is 0.899. The zero-order valence-corrected chi connectivity index (χ0v) is 5.58. The molecule has 0 unspecified atom stereocenters. The van der Waals surface area contributed by atoms with Crippen LogP contribution < -0.4 is 0 Å². The molecule has 0 aliphatic rings. The molecule has 1 aromatic rings. The maximum Gasteiger partial charge on any atom is 0.124 e. The van der Waals surface area contributed by atoms with E-state index in [0.717, 1.165) is 3.70 Å². The van der Waals surface area contributed by atoms with Crippen LogP contribution in [0.25, 0.3) is 0 Å². The van der Waals surface area contributed by atoms with E-state index in [4.69, 9.17) is 0 Å². The van der Waals surface area contributed by atoms with Crippen molar-refractivity contribution in [1.29, 1.82) is 0 Å². The summed E-state index contributed by atoms with van der Waals surface area (Å²) in [4.78, 5) is 0. The Morgan fingerprint density at radius 2 is 2.57 bits per heavy atom. The summed E-state index contributed by atoms with van der Waals surface area (Å²) < 4.78 is 0.899. The minimum atomic E-state index is 0.899. The summed E-state index contributed by atoms with van der Waals surface area (Å²) in [6, 6.07) is 3.57. The van der Waals surface area contributed by atoms with Crippen molar-refractivity contribution in [2.45, 2.75) is 0 Å². The van der Waals surface area contributed by atoms with Crippen molar-refractivity contribution in [2.24, 2.45) is 0 Å². The minimum Gasteiger partial charge on any atom is -0.148 e. The van der Waals surface area contributed by atoms with Gasteiger partial charge in [0.05, 0.1) is 0 Å². The number of aromatic nitrogens is 2. The van der Waals surface area contributed by atoms with Gasteiger partial charge in [0.25, 0.3) is 0 Å². The number of hydrogen-bond acceptors (Lipinski definition) is 2. The Morgan fingerprint density at radius 3 is 2.86 bits per heavy atom. The van der Waals surface area contributed by atoms with E-state index >= 15 is 0 Å². The SMILES string of the molecule is Ic1cc[c]nn1. The summed E-state index contributed by atoms with van der Waals surface area (Å²) in [6.07, 6.45) is 2.57. The van der Waals surface area contributed by atoms with E-state index in [2.05, 4.69) is 39.0 Å². The summed E-state index contributed by atoms with van der Waals surface area (Å²) >= 11 is 2.09. The monoisotopic (exact) mass is 205 g/mol. The van der Waals surface area contributed by atoms with E-state index < -0.39 is 0 Å². The van der Waals surface area contributed by atoms with Crippen LogP contribution >= 0.6 is 22.6 Å². The third-order valence-electron chi connectivity index (χ3n) is 0.499. The standard InChI is InChI=1S/C4H2IN2/c5-4-2-1-3-6-7-4/h1-2H. The quantitative estimate of drug-likeness (QED) is 0.587. The Bertz CT molecular complexity index is 140. The lowest BCUT2D eigenvalue weighted by Gasteiger charge is -1.77. The topological polar surface area (TPSA) is 25.8 Å². The van der Waals surface area contributed by atoms with Gasteiger partial charge in [-0.1, -0.05) is 0 Å². The first-order chi connectivity index (χ1) is 3.39. The zero-order chi connectivity index (χ0) is 5.11. The van der Waals surface area contributed by atoms with Gasteiger partial charge in [-0.25, -0.2) is 0 Å². The molecule has 0 saturated heterocycles. The fourth-order valence-corrected chi connectivity index (χ4v) is 0.537. The molecule has 3 heteroatoms. The molecule has 0 aliphatic carbocycles. The second kappa shape index (κ2) is 2.20. The highest BCUT2D eigenvalue weighted by molar-refractivity contribution is 14.1. The Balaban J connectivity index is 3.02. The molecule has 2 nitrogen and oxygen atoms in total. The van der Waals surface area contributed by atoms with Gasteiger partial charge < -0.3 is 0 Å². The highest BCUT2D eigenvalue weighted by atomic mass is 127. The molecule has 1 radical (unpaired) electrons. The average Bonchev–Trinajstić information content (AvgIpc) is 1.69. The van der Waals surface area contributed by atoms with Crippen molar-refractivity contribution < 1.29 is 0 Å². The van der Waals surface area contributed by atoms with Crippen molar-refractivity contribution in [3.63, 3.8) is 0 Å². The van der Waals surface area contributed by atoms with Gasteiger partial charge in [-0.3, -0.25) is 0 Å². The van der Waals surface area contributed by atoms with Crippen LogP contribution in [0.5, 0.6) is 0 Å². The van der Waals surface area contributed by atoms with Crippen LogP contribution in [0.3, 0.4) is 0 Å². The lowest BCUT2D eigenvalue weighted by atomic mass is 10.6. The predicted molar refractivity (Wildman–Crippen MR) is 33.6 cm³/mol. The van der Waals surface area contributed by atoms with Crippen LogP contribution in [0.15, 0.2) is 12.1 Å². The lowest BCUT2D eigenvalue weighted by Crippen LogP contribution is -1.79. The van der Waals surface area contributed by atoms with E-state index in [0.29, 0.717) is 0 Å². The molecular formula is C4H2IN2. The van der Waals surface area contributed by atoms with Crippen LogP contribution in [0.1, 0.15) is 0 Å². The number of halogens is 1. The van der Waals surface area contributed by atoms with Crippen molar-refractivity contribution >= 4 is 22.6 Å². The zero-order valence-electron chi connectivity index (χ0n) is 3.43. The Morgan fingerprint density at radius 1 is 1.71 bits per heavy atom. The molecule has 0 amide bonds. The molecule has 0 saturated carbocycles. The summed E-state index contributed by atoms with van der Waals surface area (Å²) in [6.45, 7) is 0. The van der Waals surface area contributed by atoms with Crippen molar-refractivity contribution in [3.8, 4) is 0 Å². The highest BCUT2D eigenvalue weighted by Crippen LogP contribution is 1.92. The van der Waals surface area contributed by atoms with Crippen LogP contribution in [0, 0.1) is 9.90 Å². The van der Waals surface area contributed by atoms with E-state index in [1.54, 1.807) is 6.07 Å². The maximum atomic E-state index is 3.66. The van der Waals surface area contributed by atoms with Crippen LogP contribution in [0.4, 0.5) is 0 Å². The van der Waals surface area contributed by atoms with Gasteiger partial charge in [0.2, 0.25) is 0 Å². The molecule has 0 bridgehead atoms. The van der Waals surface area contributed by atoms with Crippen molar-refractivity contribution in [3.05, 3.63) is 22.0 Å². The predicted octanol–water partition coefficient (Wildman–Crippen LogP) is 0.881. The number of rotatable bonds is 0. The molecular weight excluding hydrogens is 203 g/mol. The van der Waals surface area contributed by atoms with E-state index in [9.17, 15) is 0 Å². The molecule has 1 rings (SSSR count). The van der Waals surface area contributed by atoms with E-state index in [1.165, 1.54) is 0 Å². The Hall–Kier alpha value is -0.190. The molecule has 0 N–H and O–H groups in total. The Kier molecular flexibility index (Phi) is 1.56. The number of nitrogens with zero attached hydrogens (tertiary/aromatic N) is 2. The van der Waals surface area contributed by atoms with Gasteiger partial charge >= 0.3 is 0 Å². The first kappa shape index (κ1) is 4.96. The largest absolute Gasteiger partial charge is 0.148 e. The molecule has 0 atom stereocenters. The lowest BCUT2D eigenvalue weighted by molar-refractivity contribution is 0.994. The smallest absolute Gasteiger partial charge is 0.124 e. The maximum absolute atomic E-state index is 3.66. The van der Waals surface area contributed by atoms with Crippen molar-refractivity contribution in [2.75, 3.05) is 0 Å². The second-order valence-electron chi connectivity index (χ2n) is 0.985. The molecule has 0 aromatic carbocycles. The third kappa shape index (κ3) is 1.38. The number of hydrogen-bond donors (Lipinski definition) is 0.